The zero-order valence-corrected chi connectivity index (χ0v) is 41.6. The minimum absolute atomic E-state index is 0.0449. The van der Waals surface area contributed by atoms with Crippen molar-refractivity contribution in [3.63, 3.8) is 0 Å². The summed E-state index contributed by atoms with van der Waals surface area (Å²) in [5, 5.41) is 33.1. The predicted octanol–water partition coefficient (Wildman–Crippen LogP) is 5.62. The number of rotatable bonds is 33. The van der Waals surface area contributed by atoms with Crippen LogP contribution in [0, 0.1) is 17.8 Å². The van der Waals surface area contributed by atoms with E-state index in [9.17, 15) is 43.8 Å². The highest BCUT2D eigenvalue weighted by molar-refractivity contribution is 5.96. The molecule has 0 bridgehead atoms. The van der Waals surface area contributed by atoms with Gasteiger partial charge in [0.15, 0.2) is 0 Å². The van der Waals surface area contributed by atoms with Crippen molar-refractivity contribution in [2.75, 3.05) is 20.1 Å². The lowest BCUT2D eigenvalue weighted by Gasteiger charge is -2.34. The molecule has 0 aliphatic rings. The number of carbonyl (C=O) groups is 7. The monoisotopic (exact) mass is 953 g/mol. The molecule has 6 amide bonds. The summed E-state index contributed by atoms with van der Waals surface area (Å²) in [6.07, 6.45) is 7.05. The molecule has 8 atom stereocenters. The third-order valence-electron chi connectivity index (χ3n) is 12.0. The molecule has 7 N–H and O–H groups in total. The van der Waals surface area contributed by atoms with Gasteiger partial charge in [-0.3, -0.25) is 28.8 Å². The Bertz CT molecular complexity index is 1840. The smallest absolute Gasteiger partial charge is 0.407 e. The number of nitrogens with one attached hydrogen (secondary N) is 5. The number of aliphatic hydroxyl groups is 1. The Morgan fingerprint density at radius 1 is 0.662 bits per heavy atom. The van der Waals surface area contributed by atoms with Gasteiger partial charge in [-0.2, -0.15) is 0 Å². The predicted molar refractivity (Wildman–Crippen MR) is 260 cm³/mol. The summed E-state index contributed by atoms with van der Waals surface area (Å²) in [6, 6.07) is 12.6. The first-order valence-electron chi connectivity index (χ1n) is 24.3. The maximum atomic E-state index is 14.4. The fraction of sp³-hybridized carbons (Fsp3) is 0.627. The average Bonchev–Trinajstić information content (AvgIpc) is 3.33. The molecule has 2 aromatic carbocycles. The highest BCUT2D eigenvalue weighted by atomic mass is 16.5. The summed E-state index contributed by atoms with van der Waals surface area (Å²) >= 11 is 0. The van der Waals surface area contributed by atoms with Crippen LogP contribution in [0.4, 0.5) is 4.79 Å². The number of amides is 6. The molecule has 2 aromatic rings. The fourth-order valence-electron chi connectivity index (χ4n) is 7.47. The van der Waals surface area contributed by atoms with Crippen LogP contribution in [0.3, 0.4) is 0 Å². The molecule has 0 aliphatic carbocycles. The van der Waals surface area contributed by atoms with Crippen molar-refractivity contribution in [1.29, 1.82) is 0 Å². The minimum atomic E-state index is -1.56. The minimum Gasteiger partial charge on any atom is -0.480 e. The van der Waals surface area contributed by atoms with Crippen LogP contribution < -0.4 is 26.6 Å². The van der Waals surface area contributed by atoms with Crippen LogP contribution in [0.2, 0.25) is 0 Å². The van der Waals surface area contributed by atoms with Crippen molar-refractivity contribution in [2.45, 2.75) is 169 Å². The first-order valence-corrected chi connectivity index (χ1v) is 24.3. The number of aliphatic hydroxyl groups excluding tert-OH is 1. The number of nitrogens with zero attached hydrogens (tertiary/aromatic N) is 1. The van der Waals surface area contributed by atoms with E-state index < -0.39 is 103 Å². The number of alkyl carbamates (subject to hydrolysis) is 1. The molecule has 0 unspecified atom stereocenters. The van der Waals surface area contributed by atoms with Crippen molar-refractivity contribution >= 4 is 41.6 Å². The first kappa shape index (κ1) is 58.6. The van der Waals surface area contributed by atoms with E-state index in [1.807, 2.05) is 26.8 Å². The zero-order valence-electron chi connectivity index (χ0n) is 41.6. The second-order valence-electron chi connectivity index (χ2n) is 18.2. The number of likely N-dealkylation sites (N-methyl/N-ethyl adjacent to an activating group) is 1. The number of carboxylic acids is 1. The summed E-state index contributed by atoms with van der Waals surface area (Å²) in [7, 11) is 1.52. The van der Waals surface area contributed by atoms with Gasteiger partial charge in [0, 0.05) is 7.05 Å². The van der Waals surface area contributed by atoms with E-state index in [1.165, 1.54) is 44.6 Å². The molecule has 0 fully saturated rings. The van der Waals surface area contributed by atoms with Gasteiger partial charge < -0.3 is 51.2 Å². The third kappa shape index (κ3) is 22.0. The van der Waals surface area contributed by atoms with Gasteiger partial charge in [0.25, 0.3) is 0 Å². The van der Waals surface area contributed by atoms with Crippen molar-refractivity contribution in [1.82, 2.24) is 31.5 Å². The van der Waals surface area contributed by atoms with Crippen molar-refractivity contribution in [3.05, 3.63) is 71.8 Å². The van der Waals surface area contributed by atoms with E-state index in [0.717, 1.165) is 31.2 Å². The molecular weight excluding hydrogens is 873 g/mol. The quantitative estimate of drug-likeness (QED) is 0.0433. The maximum absolute atomic E-state index is 14.4. The highest BCUT2D eigenvalue weighted by Crippen LogP contribution is 2.20. The van der Waals surface area contributed by atoms with Gasteiger partial charge in [-0.15, -0.1) is 0 Å². The number of benzene rings is 2. The van der Waals surface area contributed by atoms with Crippen LogP contribution in [0.25, 0.3) is 0 Å². The van der Waals surface area contributed by atoms with Crippen molar-refractivity contribution < 1.29 is 53.2 Å². The van der Waals surface area contributed by atoms with Gasteiger partial charge in [0.05, 0.1) is 31.3 Å². The van der Waals surface area contributed by atoms with Gasteiger partial charge in [-0.05, 0) is 42.7 Å². The van der Waals surface area contributed by atoms with E-state index in [1.54, 1.807) is 68.4 Å². The number of hydrogen-bond donors (Lipinski definition) is 7. The highest BCUT2D eigenvalue weighted by Gasteiger charge is 2.38. The molecule has 380 valence electrons. The lowest BCUT2D eigenvalue weighted by atomic mass is 9.94. The number of hydrogen-bond acceptors (Lipinski definition) is 10. The van der Waals surface area contributed by atoms with E-state index in [0.29, 0.717) is 18.4 Å². The maximum Gasteiger partial charge on any atom is 0.407 e. The lowest BCUT2D eigenvalue weighted by molar-refractivity contribution is -0.146. The summed E-state index contributed by atoms with van der Waals surface area (Å²) in [6.45, 7) is 11.4. The third-order valence-corrected chi connectivity index (χ3v) is 12.0. The second kappa shape index (κ2) is 32.2. The number of aliphatic carboxylic acids is 1. The van der Waals surface area contributed by atoms with Gasteiger partial charge in [-0.1, -0.05) is 160 Å². The molecule has 0 heterocycles. The molecule has 0 saturated heterocycles. The molecule has 17 nitrogen and oxygen atoms in total. The van der Waals surface area contributed by atoms with Crippen LogP contribution in [0.5, 0.6) is 0 Å². The molecule has 0 aromatic heterocycles. The Kier molecular flexibility index (Phi) is 27.8. The molecule has 17 heteroatoms. The number of carbonyl (C=O) groups excluding carboxylic acids is 6. The lowest BCUT2D eigenvalue weighted by Crippen LogP contribution is -2.63. The molecule has 0 spiro atoms. The van der Waals surface area contributed by atoms with Crippen molar-refractivity contribution in [2.24, 2.45) is 17.8 Å². The summed E-state index contributed by atoms with van der Waals surface area (Å²) in [5.41, 5.74) is 1.47. The van der Waals surface area contributed by atoms with Crippen LogP contribution in [-0.4, -0.2) is 113 Å². The Hall–Kier alpha value is -5.55. The van der Waals surface area contributed by atoms with Crippen LogP contribution in [0.15, 0.2) is 60.7 Å². The topological polar surface area (TPSA) is 242 Å². The first-order chi connectivity index (χ1) is 32.4. The summed E-state index contributed by atoms with van der Waals surface area (Å²) < 4.78 is 11.3. The Morgan fingerprint density at radius 2 is 1.22 bits per heavy atom. The Balaban J connectivity index is 2.35. The Morgan fingerprint density at radius 3 is 1.78 bits per heavy atom. The van der Waals surface area contributed by atoms with Crippen molar-refractivity contribution in [3.8, 4) is 0 Å². The molecular formula is C51H80N6O11. The van der Waals surface area contributed by atoms with Gasteiger partial charge in [-0.25, -0.2) is 4.79 Å². The SMILES string of the molecule is CCCCCCCCCC[C@@H](O)[C@@H](C)C(=O)N(C)[C@@H](CC(C)C)C(=O)N[C@H](C(=O)N[C@@H](CNC(=O)OCc1ccccc1)C(=O)N[C@H](C(=O)NCC(=O)O)[C@H](C)OCc1ccccc1)[C@H](C)CC. The molecule has 0 aliphatic heterocycles. The van der Waals surface area contributed by atoms with E-state index in [2.05, 4.69) is 33.5 Å². The normalized spacial score (nSPS) is 14.7. The number of unbranched alkanes of at least 4 members (excludes halogenated alkanes) is 7. The number of carboxylic acid groups (broad SMARTS) is 1. The second-order valence-corrected chi connectivity index (χ2v) is 18.2. The van der Waals surface area contributed by atoms with Gasteiger partial charge in [0.2, 0.25) is 29.5 Å². The van der Waals surface area contributed by atoms with Crippen LogP contribution in [-0.2, 0) is 51.5 Å². The molecule has 0 radical (unpaired) electrons. The largest absolute Gasteiger partial charge is 0.480 e. The summed E-state index contributed by atoms with van der Waals surface area (Å²) in [4.78, 5) is 95.8. The van der Waals surface area contributed by atoms with Gasteiger partial charge >= 0.3 is 12.1 Å². The van der Waals surface area contributed by atoms with E-state index in [4.69, 9.17) is 9.47 Å². The van der Waals surface area contributed by atoms with E-state index >= 15 is 0 Å². The van der Waals surface area contributed by atoms with Gasteiger partial charge in [0.1, 0.15) is 37.3 Å². The molecule has 2 rings (SSSR count). The molecule has 68 heavy (non-hydrogen) atoms. The molecule has 0 saturated carbocycles. The fourth-order valence-corrected chi connectivity index (χ4v) is 7.47. The average molecular weight is 953 g/mol. The zero-order chi connectivity index (χ0) is 50.6. The van der Waals surface area contributed by atoms with E-state index in [-0.39, 0.29) is 25.6 Å². The standard InChI is InChI=1S/C51H80N6O11/c1-9-11-12-13-14-15-16-23-28-42(58)36(6)50(65)57(8)41(29-34(3)4)47(62)55-44(35(5)10-2)49(64)54-40(30-53-51(66)68-33-39-26-21-18-22-27-39)46(61)56-45(48(63)52-31-43(59)60)37(7)67-32-38-24-19-17-20-25-38/h17-22,24-27,34-37,40-42,44-45,58H,9-16,23,28-33H2,1-8H3,(H,52,63)(H,53,66)(H,54,64)(H,55,62)(H,56,61)(H,59,60)/t35-,36-,37+,40+,41+,42-,44+,45+/m1/s1. The Labute approximate surface area is 403 Å². The summed E-state index contributed by atoms with van der Waals surface area (Å²) in [5.74, 6) is -6.28. The van der Waals surface area contributed by atoms with Crippen LogP contribution in [0.1, 0.15) is 130 Å². The van der Waals surface area contributed by atoms with Crippen LogP contribution >= 0.6 is 0 Å². The number of ether oxygens (including phenoxy) is 2.